The summed E-state index contributed by atoms with van der Waals surface area (Å²) in [6.07, 6.45) is -0.346. The number of nitrogens with one attached hydrogen (secondary N) is 3. The van der Waals surface area contributed by atoms with Crippen LogP contribution in [-0.2, 0) is 22.0 Å². The van der Waals surface area contributed by atoms with Crippen LogP contribution in [0.1, 0.15) is 19.4 Å². The minimum absolute atomic E-state index is 0.0395. The SMILES string of the molecule is CC(C)OC(=O)NS(=O)(=O)Nc1c(C(=N)N)cnn1C. The summed E-state index contributed by atoms with van der Waals surface area (Å²) in [6, 6.07) is 0. The van der Waals surface area contributed by atoms with Gasteiger partial charge in [0.1, 0.15) is 11.7 Å². The number of amides is 1. The summed E-state index contributed by atoms with van der Waals surface area (Å²) >= 11 is 0. The van der Waals surface area contributed by atoms with E-state index in [1.54, 1.807) is 18.6 Å². The highest BCUT2D eigenvalue weighted by Crippen LogP contribution is 2.14. The largest absolute Gasteiger partial charge is 0.446 e. The van der Waals surface area contributed by atoms with E-state index in [-0.39, 0.29) is 17.2 Å². The number of anilines is 1. The number of rotatable bonds is 5. The Bertz CT molecular complexity index is 620. The molecule has 10 nitrogen and oxygen atoms in total. The second-order valence-electron chi connectivity index (χ2n) is 4.11. The van der Waals surface area contributed by atoms with Crippen molar-refractivity contribution in [1.29, 1.82) is 5.41 Å². The van der Waals surface area contributed by atoms with Gasteiger partial charge in [-0.25, -0.2) is 14.2 Å². The highest BCUT2D eigenvalue weighted by Gasteiger charge is 2.21. The van der Waals surface area contributed by atoms with E-state index in [4.69, 9.17) is 11.1 Å². The van der Waals surface area contributed by atoms with Crippen LogP contribution in [0.15, 0.2) is 6.20 Å². The Morgan fingerprint density at radius 3 is 2.65 bits per heavy atom. The molecule has 0 radical (unpaired) electrons. The number of carbonyl (C=O) groups excluding carboxylic acids is 1. The summed E-state index contributed by atoms with van der Waals surface area (Å²) in [5.41, 5.74) is 5.39. The fourth-order valence-corrected chi connectivity index (χ4v) is 2.07. The third-order valence-corrected chi connectivity index (χ3v) is 2.92. The zero-order valence-corrected chi connectivity index (χ0v) is 12.0. The molecule has 1 aromatic rings. The van der Waals surface area contributed by atoms with Gasteiger partial charge >= 0.3 is 16.3 Å². The lowest BCUT2D eigenvalue weighted by Gasteiger charge is -2.12. The number of aromatic nitrogens is 2. The average Bonchev–Trinajstić information content (AvgIpc) is 2.57. The standard InChI is InChI=1S/C9H16N6O4S/c1-5(2)19-9(16)14-20(17,18)13-8-6(7(10)11)4-12-15(8)3/h4-5,13H,1-3H3,(H3,10,11)(H,14,16). The van der Waals surface area contributed by atoms with Gasteiger partial charge in [-0.05, 0) is 13.8 Å². The molecule has 1 amide bonds. The summed E-state index contributed by atoms with van der Waals surface area (Å²) < 4.78 is 33.0. The Hall–Kier alpha value is -2.30. The Labute approximate surface area is 116 Å². The zero-order chi connectivity index (χ0) is 15.5. The summed E-state index contributed by atoms with van der Waals surface area (Å²) in [6.45, 7) is 3.16. The lowest BCUT2D eigenvalue weighted by atomic mass is 10.3. The van der Waals surface area contributed by atoms with Gasteiger partial charge in [-0.2, -0.15) is 13.5 Å². The van der Waals surface area contributed by atoms with Crippen LogP contribution in [0, 0.1) is 5.41 Å². The number of aryl methyl sites for hydroxylation is 1. The van der Waals surface area contributed by atoms with Crippen molar-refractivity contribution in [1.82, 2.24) is 14.5 Å². The van der Waals surface area contributed by atoms with Crippen molar-refractivity contribution < 1.29 is 17.9 Å². The lowest BCUT2D eigenvalue weighted by Crippen LogP contribution is -2.37. The fraction of sp³-hybridized carbons (Fsp3) is 0.444. The Morgan fingerprint density at radius 2 is 2.15 bits per heavy atom. The Morgan fingerprint density at radius 1 is 1.55 bits per heavy atom. The van der Waals surface area contributed by atoms with E-state index >= 15 is 0 Å². The number of carbonyl (C=O) groups is 1. The van der Waals surface area contributed by atoms with Gasteiger partial charge in [-0.1, -0.05) is 0 Å². The fourth-order valence-electron chi connectivity index (χ4n) is 1.26. The van der Waals surface area contributed by atoms with Crippen LogP contribution in [0.5, 0.6) is 0 Å². The molecule has 20 heavy (non-hydrogen) atoms. The second-order valence-corrected chi connectivity index (χ2v) is 5.52. The molecule has 0 saturated heterocycles. The molecule has 0 aliphatic heterocycles. The van der Waals surface area contributed by atoms with Crippen molar-refractivity contribution in [2.75, 3.05) is 4.72 Å². The molecule has 0 unspecified atom stereocenters. The summed E-state index contributed by atoms with van der Waals surface area (Å²) in [5.74, 6) is -0.400. The molecule has 0 spiro atoms. The highest BCUT2D eigenvalue weighted by atomic mass is 32.2. The Kier molecular flexibility index (Phi) is 4.55. The summed E-state index contributed by atoms with van der Waals surface area (Å²) in [4.78, 5) is 11.3. The van der Waals surface area contributed by atoms with Crippen molar-refractivity contribution in [3.63, 3.8) is 0 Å². The third-order valence-electron chi connectivity index (χ3n) is 2.02. The van der Waals surface area contributed by atoms with Crippen LogP contribution in [0.25, 0.3) is 0 Å². The van der Waals surface area contributed by atoms with Crippen LogP contribution in [0.4, 0.5) is 10.6 Å². The van der Waals surface area contributed by atoms with Gasteiger partial charge in [-0.3, -0.25) is 10.1 Å². The lowest BCUT2D eigenvalue weighted by molar-refractivity contribution is 0.121. The molecule has 0 aliphatic rings. The van der Waals surface area contributed by atoms with E-state index in [2.05, 4.69) is 14.6 Å². The quantitative estimate of drug-likeness (QED) is 0.425. The topological polar surface area (TPSA) is 152 Å². The van der Waals surface area contributed by atoms with Gasteiger partial charge < -0.3 is 10.5 Å². The molecule has 11 heteroatoms. The van der Waals surface area contributed by atoms with Crippen molar-refractivity contribution in [3.05, 3.63) is 11.8 Å². The van der Waals surface area contributed by atoms with E-state index in [9.17, 15) is 13.2 Å². The molecule has 0 aliphatic carbocycles. The van der Waals surface area contributed by atoms with Gasteiger partial charge in [0, 0.05) is 7.05 Å². The van der Waals surface area contributed by atoms with E-state index in [1.165, 1.54) is 17.9 Å². The first kappa shape index (κ1) is 15.8. The van der Waals surface area contributed by atoms with Gasteiger partial charge in [0.15, 0.2) is 0 Å². The average molecular weight is 304 g/mol. The molecule has 0 bridgehead atoms. The molecule has 0 fully saturated rings. The number of hydrogen-bond acceptors (Lipinski definition) is 6. The minimum atomic E-state index is -4.22. The molecule has 0 aromatic carbocycles. The van der Waals surface area contributed by atoms with E-state index in [0.29, 0.717) is 0 Å². The second kappa shape index (κ2) is 5.77. The number of hydrogen-bond donors (Lipinski definition) is 4. The molecule has 1 aromatic heterocycles. The Balaban J connectivity index is 2.89. The van der Waals surface area contributed by atoms with Crippen LogP contribution in [0.2, 0.25) is 0 Å². The first-order valence-electron chi connectivity index (χ1n) is 5.50. The zero-order valence-electron chi connectivity index (χ0n) is 11.2. The molecule has 1 rings (SSSR count). The normalized spacial score (nSPS) is 11.2. The van der Waals surface area contributed by atoms with Crippen molar-refractivity contribution in [3.8, 4) is 0 Å². The summed E-state index contributed by atoms with van der Waals surface area (Å²) in [7, 11) is -2.76. The van der Waals surface area contributed by atoms with Crippen molar-refractivity contribution in [2.45, 2.75) is 20.0 Å². The maximum atomic E-state index is 11.7. The molecular formula is C9H16N6O4S. The van der Waals surface area contributed by atoms with Gasteiger partial charge in [0.2, 0.25) is 0 Å². The van der Waals surface area contributed by atoms with Crippen molar-refractivity contribution in [2.24, 2.45) is 12.8 Å². The molecule has 1 heterocycles. The maximum absolute atomic E-state index is 11.7. The highest BCUT2D eigenvalue weighted by molar-refractivity contribution is 7.91. The van der Waals surface area contributed by atoms with Crippen LogP contribution in [0.3, 0.4) is 0 Å². The minimum Gasteiger partial charge on any atom is -0.446 e. The number of nitrogen functional groups attached to an aromatic ring is 1. The number of nitrogens with two attached hydrogens (primary N) is 1. The van der Waals surface area contributed by atoms with E-state index < -0.39 is 22.4 Å². The molecule has 5 N–H and O–H groups in total. The first-order valence-corrected chi connectivity index (χ1v) is 6.98. The monoisotopic (exact) mass is 304 g/mol. The van der Waals surface area contributed by atoms with E-state index in [1.807, 2.05) is 0 Å². The van der Waals surface area contributed by atoms with Crippen LogP contribution in [-0.4, -0.2) is 36.2 Å². The van der Waals surface area contributed by atoms with Gasteiger partial charge in [0.25, 0.3) is 0 Å². The smallest absolute Gasteiger partial charge is 0.422 e. The predicted octanol–water partition coefficient (Wildman–Crippen LogP) is -0.505. The molecular weight excluding hydrogens is 288 g/mol. The molecule has 112 valence electrons. The van der Waals surface area contributed by atoms with Gasteiger partial charge in [0.05, 0.1) is 17.9 Å². The number of nitrogens with zero attached hydrogens (tertiary/aromatic N) is 2. The summed E-state index contributed by atoms with van der Waals surface area (Å²) in [5, 5.41) is 11.1. The van der Waals surface area contributed by atoms with E-state index in [0.717, 1.165) is 0 Å². The van der Waals surface area contributed by atoms with Crippen LogP contribution >= 0.6 is 0 Å². The number of amidine groups is 1. The molecule has 0 saturated carbocycles. The number of ether oxygens (including phenoxy) is 1. The predicted molar refractivity (Wildman–Crippen MR) is 71.5 cm³/mol. The van der Waals surface area contributed by atoms with Crippen molar-refractivity contribution >= 4 is 28.0 Å². The molecule has 0 atom stereocenters. The van der Waals surface area contributed by atoms with Crippen LogP contribution < -0.4 is 15.2 Å². The first-order chi connectivity index (χ1) is 9.12. The third kappa shape index (κ3) is 4.12. The van der Waals surface area contributed by atoms with Gasteiger partial charge in [-0.15, -0.1) is 0 Å². The maximum Gasteiger partial charge on any atom is 0.422 e.